The van der Waals surface area contributed by atoms with E-state index in [1.807, 2.05) is 17.9 Å². The van der Waals surface area contributed by atoms with Gasteiger partial charge in [-0.1, -0.05) is 0 Å². The van der Waals surface area contributed by atoms with Crippen molar-refractivity contribution in [1.29, 1.82) is 0 Å². The van der Waals surface area contributed by atoms with E-state index in [0.717, 1.165) is 19.3 Å². The highest BCUT2D eigenvalue weighted by molar-refractivity contribution is 5.91. The molecule has 110 valence electrons. The van der Waals surface area contributed by atoms with Crippen molar-refractivity contribution in [3.8, 4) is 0 Å². The van der Waals surface area contributed by atoms with Gasteiger partial charge in [0.05, 0.1) is 12.2 Å². The van der Waals surface area contributed by atoms with Crippen molar-refractivity contribution in [2.24, 2.45) is 7.05 Å². The molecule has 0 aliphatic heterocycles. The van der Waals surface area contributed by atoms with Crippen LogP contribution in [-0.2, 0) is 13.5 Å². The number of aromatic nitrogens is 4. The Morgan fingerprint density at radius 1 is 1.38 bits per heavy atom. The molecule has 1 aliphatic rings. The highest BCUT2D eigenvalue weighted by Gasteiger charge is 2.23. The predicted molar refractivity (Wildman–Crippen MR) is 77.9 cm³/mol. The lowest BCUT2D eigenvalue weighted by molar-refractivity contribution is 0.0957. The van der Waals surface area contributed by atoms with Gasteiger partial charge in [-0.05, 0) is 31.4 Å². The zero-order chi connectivity index (χ0) is 14.8. The Morgan fingerprint density at radius 2 is 2.24 bits per heavy atom. The number of aryl methyl sites for hydroxylation is 1. The van der Waals surface area contributed by atoms with Crippen LogP contribution in [0, 0.1) is 0 Å². The van der Waals surface area contributed by atoms with Gasteiger partial charge < -0.3 is 10.6 Å². The summed E-state index contributed by atoms with van der Waals surface area (Å²) in [5.74, 6) is 0.436. The molecule has 0 saturated heterocycles. The van der Waals surface area contributed by atoms with Gasteiger partial charge in [0.1, 0.15) is 5.82 Å². The summed E-state index contributed by atoms with van der Waals surface area (Å²) in [5.41, 5.74) is 2.81. The highest BCUT2D eigenvalue weighted by atomic mass is 16.1. The van der Waals surface area contributed by atoms with Crippen molar-refractivity contribution in [2.75, 3.05) is 12.4 Å². The Labute approximate surface area is 122 Å². The first kappa shape index (κ1) is 13.5. The fraction of sp³-hybridized carbons (Fsp3) is 0.429. The van der Waals surface area contributed by atoms with Gasteiger partial charge in [-0.25, -0.2) is 0 Å². The van der Waals surface area contributed by atoms with E-state index in [2.05, 4.69) is 25.9 Å². The number of rotatable bonds is 3. The summed E-state index contributed by atoms with van der Waals surface area (Å²) in [5, 5.41) is 18.2. The Morgan fingerprint density at radius 3 is 2.95 bits per heavy atom. The van der Waals surface area contributed by atoms with Crippen molar-refractivity contribution < 1.29 is 4.79 Å². The number of carbonyl (C=O) groups is 1. The zero-order valence-electron chi connectivity index (χ0n) is 12.1. The number of fused-ring (bicyclic) bond motifs is 1. The predicted octanol–water partition coefficient (Wildman–Crippen LogP) is 1.06. The Bertz CT molecular complexity index is 648. The van der Waals surface area contributed by atoms with Gasteiger partial charge in [-0.3, -0.25) is 9.48 Å². The van der Waals surface area contributed by atoms with Crippen LogP contribution in [0.2, 0.25) is 0 Å². The lowest BCUT2D eigenvalue weighted by Gasteiger charge is -2.24. The Balaban J connectivity index is 1.77. The first-order chi connectivity index (χ1) is 10.2. The summed E-state index contributed by atoms with van der Waals surface area (Å²) in [6.45, 7) is 0. The van der Waals surface area contributed by atoms with Crippen molar-refractivity contribution in [2.45, 2.75) is 25.3 Å². The molecule has 0 saturated carbocycles. The summed E-state index contributed by atoms with van der Waals surface area (Å²) in [6, 6.07) is 3.64. The van der Waals surface area contributed by atoms with Gasteiger partial charge in [0.2, 0.25) is 0 Å². The molecule has 0 unspecified atom stereocenters. The second-order valence-electron chi connectivity index (χ2n) is 5.14. The van der Waals surface area contributed by atoms with Gasteiger partial charge in [-0.15, -0.1) is 10.2 Å². The maximum absolute atomic E-state index is 11.4. The van der Waals surface area contributed by atoms with E-state index < -0.39 is 0 Å². The summed E-state index contributed by atoms with van der Waals surface area (Å²) < 4.78 is 1.93. The minimum Gasteiger partial charge on any atom is -0.362 e. The fourth-order valence-electron chi connectivity index (χ4n) is 2.69. The van der Waals surface area contributed by atoms with E-state index in [9.17, 15) is 4.79 Å². The maximum Gasteiger partial charge on any atom is 0.271 e. The van der Waals surface area contributed by atoms with Crippen LogP contribution in [0.1, 0.15) is 40.6 Å². The molecular formula is C14H18N6O. The topological polar surface area (TPSA) is 84.7 Å². The monoisotopic (exact) mass is 286 g/mol. The third-order valence-electron chi connectivity index (χ3n) is 3.82. The molecule has 7 nitrogen and oxygen atoms in total. The number of hydrogen-bond donors (Lipinski definition) is 2. The van der Waals surface area contributed by atoms with Gasteiger partial charge >= 0.3 is 0 Å². The number of nitrogens with zero attached hydrogens (tertiary/aromatic N) is 4. The smallest absolute Gasteiger partial charge is 0.271 e. The summed E-state index contributed by atoms with van der Waals surface area (Å²) in [4.78, 5) is 11.4. The minimum atomic E-state index is -0.235. The van der Waals surface area contributed by atoms with Crippen molar-refractivity contribution in [1.82, 2.24) is 25.3 Å². The molecule has 0 fully saturated rings. The maximum atomic E-state index is 11.4. The molecule has 1 aliphatic carbocycles. The van der Waals surface area contributed by atoms with Gasteiger partial charge in [-0.2, -0.15) is 5.10 Å². The molecule has 2 N–H and O–H groups in total. The molecule has 1 amide bonds. The van der Waals surface area contributed by atoms with Crippen molar-refractivity contribution in [3.05, 3.63) is 35.3 Å². The van der Waals surface area contributed by atoms with E-state index in [0.29, 0.717) is 11.5 Å². The first-order valence-electron chi connectivity index (χ1n) is 7.02. The van der Waals surface area contributed by atoms with Gasteiger partial charge in [0, 0.05) is 25.4 Å². The number of anilines is 1. The largest absolute Gasteiger partial charge is 0.362 e. The molecule has 3 rings (SSSR count). The summed E-state index contributed by atoms with van der Waals surface area (Å²) in [7, 11) is 3.54. The average molecular weight is 286 g/mol. The molecule has 2 aromatic rings. The number of hydrogen-bond acceptors (Lipinski definition) is 5. The Kier molecular flexibility index (Phi) is 3.55. The Hall–Kier alpha value is -2.44. The first-order valence-corrected chi connectivity index (χ1v) is 7.02. The van der Waals surface area contributed by atoms with Crippen LogP contribution in [0.5, 0.6) is 0 Å². The normalized spacial score (nSPS) is 17.1. The highest BCUT2D eigenvalue weighted by Crippen LogP contribution is 2.31. The van der Waals surface area contributed by atoms with Crippen molar-refractivity contribution >= 4 is 11.7 Å². The van der Waals surface area contributed by atoms with Crippen LogP contribution < -0.4 is 10.6 Å². The molecule has 0 aromatic carbocycles. The molecule has 2 heterocycles. The third kappa shape index (κ3) is 2.58. The average Bonchev–Trinajstić information content (AvgIpc) is 2.90. The van der Waals surface area contributed by atoms with E-state index in [1.54, 1.807) is 19.2 Å². The number of amides is 1. The number of nitrogens with one attached hydrogen (secondary N) is 2. The SMILES string of the molecule is CNC(=O)c1ccc(N[C@@H]2CCCc3c2cnn3C)nn1. The van der Waals surface area contributed by atoms with Crippen molar-refractivity contribution in [3.63, 3.8) is 0 Å². The lowest BCUT2D eigenvalue weighted by Crippen LogP contribution is -2.21. The second kappa shape index (κ2) is 5.51. The van der Waals surface area contributed by atoms with Crippen LogP contribution >= 0.6 is 0 Å². The summed E-state index contributed by atoms with van der Waals surface area (Å²) >= 11 is 0. The molecule has 0 spiro atoms. The molecule has 21 heavy (non-hydrogen) atoms. The van der Waals surface area contributed by atoms with E-state index in [4.69, 9.17) is 0 Å². The van der Waals surface area contributed by atoms with Crippen LogP contribution in [0.3, 0.4) is 0 Å². The summed E-state index contributed by atoms with van der Waals surface area (Å²) in [6.07, 6.45) is 5.13. The second-order valence-corrected chi connectivity index (χ2v) is 5.14. The van der Waals surface area contributed by atoms with Gasteiger partial charge in [0.25, 0.3) is 5.91 Å². The van der Waals surface area contributed by atoms with Crippen LogP contribution in [0.15, 0.2) is 18.3 Å². The molecule has 7 heteroatoms. The third-order valence-corrected chi connectivity index (χ3v) is 3.82. The van der Waals surface area contributed by atoms with Gasteiger partial charge in [0.15, 0.2) is 5.69 Å². The molecule has 0 bridgehead atoms. The molecule has 2 aromatic heterocycles. The molecule has 1 atom stereocenters. The lowest BCUT2D eigenvalue weighted by atomic mass is 9.93. The standard InChI is InChI=1S/C14H18N6O/c1-15-14(21)11-6-7-13(19-18-11)17-10-4-3-5-12-9(10)8-16-20(12)2/h6-8,10H,3-5H2,1-2H3,(H,15,21)(H,17,19)/t10-/m1/s1. The zero-order valence-corrected chi connectivity index (χ0v) is 12.1. The van der Waals surface area contributed by atoms with Crippen LogP contribution in [0.4, 0.5) is 5.82 Å². The van der Waals surface area contributed by atoms with Crippen LogP contribution in [-0.4, -0.2) is 32.9 Å². The van der Waals surface area contributed by atoms with Crippen LogP contribution in [0.25, 0.3) is 0 Å². The molecule has 0 radical (unpaired) electrons. The van der Waals surface area contributed by atoms with E-state index in [1.165, 1.54) is 11.3 Å². The van der Waals surface area contributed by atoms with E-state index in [-0.39, 0.29) is 11.9 Å². The fourth-order valence-corrected chi connectivity index (χ4v) is 2.69. The number of carbonyl (C=O) groups excluding carboxylic acids is 1. The van der Waals surface area contributed by atoms with E-state index >= 15 is 0 Å². The quantitative estimate of drug-likeness (QED) is 0.881. The molecular weight excluding hydrogens is 268 g/mol. The minimum absolute atomic E-state index is 0.197.